The molecule has 0 aliphatic heterocycles. The second kappa shape index (κ2) is 8.29. The smallest absolute Gasteiger partial charge is 0.323 e. The van der Waals surface area contributed by atoms with E-state index >= 15 is 0 Å². The molecular formula is C14H25NO2. The Hall–Kier alpha value is -0.830. The van der Waals surface area contributed by atoms with Crippen molar-refractivity contribution in [3.05, 3.63) is 12.2 Å². The predicted octanol–water partition coefficient (Wildman–Crippen LogP) is 2.66. The summed E-state index contributed by atoms with van der Waals surface area (Å²) in [5, 5.41) is 3.37. The molecule has 3 nitrogen and oxygen atoms in total. The maximum absolute atomic E-state index is 11.7. The summed E-state index contributed by atoms with van der Waals surface area (Å²) in [7, 11) is 0. The number of allylic oxidation sites excluding steroid dienone is 2. The molecule has 2 unspecified atom stereocenters. The third kappa shape index (κ3) is 5.35. The first-order valence-corrected chi connectivity index (χ1v) is 6.82. The minimum Gasteiger partial charge on any atom is -0.465 e. The molecule has 0 amide bonds. The molecule has 0 aromatic heterocycles. The Labute approximate surface area is 105 Å². The van der Waals surface area contributed by atoms with E-state index < -0.39 is 0 Å². The predicted molar refractivity (Wildman–Crippen MR) is 69.8 cm³/mol. The van der Waals surface area contributed by atoms with Crippen LogP contribution in [0.2, 0.25) is 0 Å². The lowest BCUT2D eigenvalue weighted by atomic mass is 9.94. The number of rotatable bonds is 7. The van der Waals surface area contributed by atoms with Crippen molar-refractivity contribution in [1.82, 2.24) is 5.32 Å². The van der Waals surface area contributed by atoms with Gasteiger partial charge in [-0.1, -0.05) is 25.5 Å². The van der Waals surface area contributed by atoms with Crippen molar-refractivity contribution in [2.75, 3.05) is 13.2 Å². The van der Waals surface area contributed by atoms with Gasteiger partial charge in [0.05, 0.1) is 6.61 Å². The third-order valence-electron chi connectivity index (χ3n) is 3.18. The number of nitrogens with one attached hydrogen (secondary N) is 1. The Bertz CT molecular complexity index is 251. The Balaban J connectivity index is 2.32. The number of hydrogen-bond acceptors (Lipinski definition) is 3. The highest BCUT2D eigenvalue weighted by Gasteiger charge is 2.19. The number of esters is 1. The fraction of sp³-hybridized carbons (Fsp3) is 0.786. The Kier molecular flexibility index (Phi) is 6.94. The zero-order valence-electron chi connectivity index (χ0n) is 11.1. The maximum atomic E-state index is 11.7. The topological polar surface area (TPSA) is 38.3 Å². The van der Waals surface area contributed by atoms with Crippen LogP contribution in [-0.2, 0) is 9.53 Å². The van der Waals surface area contributed by atoms with E-state index in [-0.39, 0.29) is 12.0 Å². The van der Waals surface area contributed by atoms with Crippen molar-refractivity contribution in [1.29, 1.82) is 0 Å². The van der Waals surface area contributed by atoms with Crippen molar-refractivity contribution in [3.8, 4) is 0 Å². The van der Waals surface area contributed by atoms with Crippen LogP contribution in [0.15, 0.2) is 12.2 Å². The van der Waals surface area contributed by atoms with Crippen molar-refractivity contribution in [2.45, 2.75) is 52.0 Å². The molecule has 17 heavy (non-hydrogen) atoms. The standard InChI is InChI=1S/C14H25NO2/c1-3-8-13(14(16)17-4-2)15-11-12-9-6-5-7-10-12/h5-6,12-13,15H,3-4,7-11H2,1-2H3. The molecule has 98 valence electrons. The fourth-order valence-electron chi connectivity index (χ4n) is 2.19. The minimum atomic E-state index is -0.120. The van der Waals surface area contributed by atoms with Crippen LogP contribution < -0.4 is 5.32 Å². The van der Waals surface area contributed by atoms with Gasteiger partial charge in [0.15, 0.2) is 0 Å². The van der Waals surface area contributed by atoms with Gasteiger partial charge in [-0.2, -0.15) is 0 Å². The van der Waals surface area contributed by atoms with Gasteiger partial charge in [0.25, 0.3) is 0 Å². The fourth-order valence-corrected chi connectivity index (χ4v) is 2.19. The molecule has 1 N–H and O–H groups in total. The monoisotopic (exact) mass is 239 g/mol. The van der Waals surface area contributed by atoms with E-state index in [1.165, 1.54) is 12.8 Å². The number of ether oxygens (including phenoxy) is 1. The molecule has 0 bridgehead atoms. The van der Waals surface area contributed by atoms with Gasteiger partial charge in [0.2, 0.25) is 0 Å². The molecule has 1 aliphatic rings. The number of carbonyl (C=O) groups excluding carboxylic acids is 1. The minimum absolute atomic E-state index is 0.0966. The van der Waals surface area contributed by atoms with E-state index in [0.29, 0.717) is 12.5 Å². The summed E-state index contributed by atoms with van der Waals surface area (Å²) in [6.45, 7) is 5.34. The zero-order chi connectivity index (χ0) is 12.5. The lowest BCUT2D eigenvalue weighted by molar-refractivity contribution is -0.145. The summed E-state index contributed by atoms with van der Waals surface area (Å²) in [5.74, 6) is 0.578. The van der Waals surface area contributed by atoms with E-state index in [1.807, 2.05) is 6.92 Å². The van der Waals surface area contributed by atoms with E-state index in [4.69, 9.17) is 4.74 Å². The summed E-state index contributed by atoms with van der Waals surface area (Å²) >= 11 is 0. The normalized spacial score (nSPS) is 21.2. The molecule has 0 heterocycles. The highest BCUT2D eigenvalue weighted by Crippen LogP contribution is 2.17. The SMILES string of the molecule is CCCC(NCC1CC=CCC1)C(=O)OCC. The molecular weight excluding hydrogens is 214 g/mol. The molecule has 2 atom stereocenters. The summed E-state index contributed by atoms with van der Waals surface area (Å²) in [6.07, 6.45) is 9.88. The summed E-state index contributed by atoms with van der Waals surface area (Å²) in [5.41, 5.74) is 0. The maximum Gasteiger partial charge on any atom is 0.323 e. The van der Waals surface area contributed by atoms with Crippen LogP contribution in [0.1, 0.15) is 46.0 Å². The van der Waals surface area contributed by atoms with Gasteiger partial charge >= 0.3 is 5.97 Å². The molecule has 0 radical (unpaired) electrons. The van der Waals surface area contributed by atoms with Gasteiger partial charge < -0.3 is 10.1 Å². The highest BCUT2D eigenvalue weighted by atomic mass is 16.5. The van der Waals surface area contributed by atoms with Crippen molar-refractivity contribution in [3.63, 3.8) is 0 Å². The van der Waals surface area contributed by atoms with E-state index in [1.54, 1.807) is 0 Å². The van der Waals surface area contributed by atoms with Gasteiger partial charge in [-0.3, -0.25) is 4.79 Å². The van der Waals surface area contributed by atoms with Crippen LogP contribution in [0.5, 0.6) is 0 Å². The van der Waals surface area contributed by atoms with Crippen molar-refractivity contribution in [2.24, 2.45) is 5.92 Å². The lowest BCUT2D eigenvalue weighted by Gasteiger charge is -2.22. The van der Waals surface area contributed by atoms with Crippen LogP contribution in [0, 0.1) is 5.92 Å². The summed E-state index contributed by atoms with van der Waals surface area (Å²) < 4.78 is 5.08. The first-order chi connectivity index (χ1) is 8.27. The first kappa shape index (κ1) is 14.2. The second-order valence-corrected chi connectivity index (χ2v) is 4.65. The van der Waals surface area contributed by atoms with Gasteiger partial charge in [-0.05, 0) is 45.1 Å². The Morgan fingerprint density at radius 3 is 2.88 bits per heavy atom. The molecule has 0 fully saturated rings. The summed E-state index contributed by atoms with van der Waals surface area (Å²) in [4.78, 5) is 11.7. The van der Waals surface area contributed by atoms with Crippen LogP contribution in [0.25, 0.3) is 0 Å². The zero-order valence-corrected chi connectivity index (χ0v) is 11.1. The molecule has 3 heteroatoms. The Morgan fingerprint density at radius 1 is 1.47 bits per heavy atom. The highest BCUT2D eigenvalue weighted by molar-refractivity contribution is 5.75. The lowest BCUT2D eigenvalue weighted by Crippen LogP contribution is -2.40. The molecule has 0 aromatic carbocycles. The average molecular weight is 239 g/mol. The average Bonchev–Trinajstić information content (AvgIpc) is 2.36. The van der Waals surface area contributed by atoms with Gasteiger partial charge in [0.1, 0.15) is 6.04 Å². The van der Waals surface area contributed by atoms with E-state index in [0.717, 1.165) is 25.8 Å². The molecule has 0 saturated carbocycles. The van der Waals surface area contributed by atoms with Crippen molar-refractivity contribution < 1.29 is 9.53 Å². The van der Waals surface area contributed by atoms with Gasteiger partial charge in [-0.25, -0.2) is 0 Å². The van der Waals surface area contributed by atoms with Gasteiger partial charge in [-0.15, -0.1) is 0 Å². The second-order valence-electron chi connectivity index (χ2n) is 4.65. The molecule has 0 saturated heterocycles. The molecule has 1 aliphatic carbocycles. The van der Waals surface area contributed by atoms with Gasteiger partial charge in [0, 0.05) is 0 Å². The van der Waals surface area contributed by atoms with Crippen molar-refractivity contribution >= 4 is 5.97 Å². The van der Waals surface area contributed by atoms with Crippen LogP contribution in [0.3, 0.4) is 0 Å². The quantitative estimate of drug-likeness (QED) is 0.548. The van der Waals surface area contributed by atoms with E-state index in [9.17, 15) is 4.79 Å². The van der Waals surface area contributed by atoms with Crippen LogP contribution in [0.4, 0.5) is 0 Å². The molecule has 0 spiro atoms. The molecule has 1 rings (SSSR count). The first-order valence-electron chi connectivity index (χ1n) is 6.82. The van der Waals surface area contributed by atoms with E-state index in [2.05, 4.69) is 24.4 Å². The largest absolute Gasteiger partial charge is 0.465 e. The van der Waals surface area contributed by atoms with Crippen LogP contribution >= 0.6 is 0 Å². The number of hydrogen-bond donors (Lipinski definition) is 1. The molecule has 0 aromatic rings. The number of carbonyl (C=O) groups is 1. The van der Waals surface area contributed by atoms with Crippen LogP contribution in [-0.4, -0.2) is 25.2 Å². The Morgan fingerprint density at radius 2 is 2.29 bits per heavy atom. The summed E-state index contributed by atoms with van der Waals surface area (Å²) in [6, 6.07) is -0.120. The third-order valence-corrected chi connectivity index (χ3v) is 3.18.